The molecule has 136 valence electrons. The Morgan fingerprint density at radius 1 is 1.31 bits per heavy atom. The summed E-state index contributed by atoms with van der Waals surface area (Å²) in [6.07, 6.45) is 2.05. The van der Waals surface area contributed by atoms with Crippen LogP contribution in [0.2, 0.25) is 0 Å². The number of piperidine rings is 1. The van der Waals surface area contributed by atoms with E-state index >= 15 is 0 Å². The molecule has 2 aromatic heterocycles. The van der Waals surface area contributed by atoms with Gasteiger partial charge in [-0.25, -0.2) is 4.39 Å². The van der Waals surface area contributed by atoms with Crippen molar-refractivity contribution in [3.05, 3.63) is 47.6 Å². The highest BCUT2D eigenvalue weighted by Gasteiger charge is 2.27. The molecule has 26 heavy (non-hydrogen) atoms. The Labute approximate surface area is 150 Å². The smallest absolute Gasteiger partial charge is 0.231 e. The third kappa shape index (κ3) is 3.37. The normalized spacial score (nSPS) is 18.3. The molecule has 7 nitrogen and oxygen atoms in total. The predicted molar refractivity (Wildman–Crippen MR) is 92.7 cm³/mol. The van der Waals surface area contributed by atoms with Crippen molar-refractivity contribution < 1.29 is 8.91 Å². The summed E-state index contributed by atoms with van der Waals surface area (Å²) in [5.41, 5.74) is 0.627. The number of aryl methyl sites for hydroxylation is 1. The highest BCUT2D eigenvalue weighted by molar-refractivity contribution is 5.53. The van der Waals surface area contributed by atoms with E-state index in [0.717, 1.165) is 44.1 Å². The average molecular weight is 356 g/mol. The summed E-state index contributed by atoms with van der Waals surface area (Å²) in [6, 6.07) is 6.24. The first-order valence-electron chi connectivity index (χ1n) is 8.77. The van der Waals surface area contributed by atoms with Crippen LogP contribution < -0.4 is 0 Å². The molecule has 1 fully saturated rings. The minimum absolute atomic E-state index is 0.174. The third-order valence-electron chi connectivity index (χ3n) is 4.93. The molecule has 4 rings (SSSR count). The highest BCUT2D eigenvalue weighted by atomic mass is 19.1. The van der Waals surface area contributed by atoms with Gasteiger partial charge in [0.05, 0.1) is 12.5 Å². The lowest BCUT2D eigenvalue weighted by Gasteiger charge is -2.30. The van der Waals surface area contributed by atoms with E-state index in [0.29, 0.717) is 17.3 Å². The molecule has 1 saturated heterocycles. The Kier molecular flexibility index (Phi) is 4.50. The molecule has 0 bridgehead atoms. The number of halogens is 1. The van der Waals surface area contributed by atoms with Crippen molar-refractivity contribution in [3.63, 3.8) is 0 Å². The Hall–Kier alpha value is -2.61. The maximum Gasteiger partial charge on any atom is 0.231 e. The first-order chi connectivity index (χ1) is 12.6. The van der Waals surface area contributed by atoms with Crippen LogP contribution in [0, 0.1) is 12.7 Å². The molecule has 1 aliphatic rings. The van der Waals surface area contributed by atoms with Gasteiger partial charge < -0.3 is 9.09 Å². The lowest BCUT2D eigenvalue weighted by atomic mass is 9.98. The van der Waals surface area contributed by atoms with Gasteiger partial charge in [-0.05, 0) is 38.4 Å². The summed E-state index contributed by atoms with van der Waals surface area (Å²) < 4.78 is 20.9. The fraction of sp³-hybridized carbons (Fsp3) is 0.444. The number of aromatic nitrogens is 5. The van der Waals surface area contributed by atoms with E-state index in [-0.39, 0.29) is 11.7 Å². The first-order valence-corrected chi connectivity index (χ1v) is 8.77. The minimum atomic E-state index is -0.309. The van der Waals surface area contributed by atoms with Crippen LogP contribution in [-0.4, -0.2) is 42.9 Å². The molecule has 0 spiro atoms. The molecule has 0 saturated carbocycles. The quantitative estimate of drug-likeness (QED) is 0.716. The van der Waals surface area contributed by atoms with E-state index in [9.17, 15) is 4.39 Å². The van der Waals surface area contributed by atoms with Crippen molar-refractivity contribution in [2.45, 2.75) is 32.2 Å². The molecular weight excluding hydrogens is 335 g/mol. The lowest BCUT2D eigenvalue weighted by molar-refractivity contribution is 0.175. The van der Waals surface area contributed by atoms with Crippen molar-refractivity contribution in [1.82, 2.24) is 29.8 Å². The molecule has 0 aliphatic carbocycles. The van der Waals surface area contributed by atoms with Gasteiger partial charge in [-0.2, -0.15) is 4.98 Å². The van der Waals surface area contributed by atoms with Crippen molar-refractivity contribution in [2.24, 2.45) is 7.05 Å². The first kappa shape index (κ1) is 16.8. The molecule has 1 unspecified atom stereocenters. The summed E-state index contributed by atoms with van der Waals surface area (Å²) in [7, 11) is 1.98. The van der Waals surface area contributed by atoms with E-state index in [2.05, 4.69) is 25.2 Å². The van der Waals surface area contributed by atoms with Gasteiger partial charge in [0.25, 0.3) is 0 Å². The van der Waals surface area contributed by atoms with Crippen LogP contribution in [0.1, 0.15) is 36.3 Å². The second kappa shape index (κ2) is 6.95. The van der Waals surface area contributed by atoms with Crippen LogP contribution in [0.5, 0.6) is 0 Å². The fourth-order valence-corrected chi connectivity index (χ4v) is 3.34. The van der Waals surface area contributed by atoms with E-state index in [4.69, 9.17) is 4.52 Å². The van der Waals surface area contributed by atoms with Crippen LogP contribution in [0.25, 0.3) is 11.4 Å². The van der Waals surface area contributed by atoms with Crippen LogP contribution in [0.3, 0.4) is 0 Å². The molecule has 8 heteroatoms. The van der Waals surface area contributed by atoms with E-state index in [1.165, 1.54) is 12.1 Å². The zero-order chi connectivity index (χ0) is 18.1. The van der Waals surface area contributed by atoms with Crippen molar-refractivity contribution in [2.75, 3.05) is 13.1 Å². The Morgan fingerprint density at radius 3 is 2.96 bits per heavy atom. The molecule has 1 atom stereocenters. The van der Waals surface area contributed by atoms with Gasteiger partial charge in [0.2, 0.25) is 11.7 Å². The average Bonchev–Trinajstić information content (AvgIpc) is 3.25. The van der Waals surface area contributed by atoms with E-state index in [1.54, 1.807) is 12.1 Å². The van der Waals surface area contributed by atoms with Gasteiger partial charge >= 0.3 is 0 Å². The molecule has 3 aromatic rings. The second-order valence-corrected chi connectivity index (χ2v) is 6.76. The molecule has 1 aromatic carbocycles. The topological polar surface area (TPSA) is 72.9 Å². The predicted octanol–water partition coefficient (Wildman–Crippen LogP) is 2.69. The van der Waals surface area contributed by atoms with Gasteiger partial charge in [0.15, 0.2) is 0 Å². The summed E-state index contributed by atoms with van der Waals surface area (Å²) >= 11 is 0. The van der Waals surface area contributed by atoms with Crippen LogP contribution >= 0.6 is 0 Å². The summed E-state index contributed by atoms with van der Waals surface area (Å²) in [5.74, 6) is 2.77. The van der Waals surface area contributed by atoms with E-state index in [1.807, 2.05) is 18.5 Å². The largest absolute Gasteiger partial charge is 0.339 e. The molecular formula is C18H21FN6O. The van der Waals surface area contributed by atoms with Crippen molar-refractivity contribution in [3.8, 4) is 11.4 Å². The Balaban J connectivity index is 1.47. The SMILES string of the molecule is Cc1nnc(CN2CCCC(c3nc(-c4cccc(F)c4)no3)C2)n1C. The molecule has 0 amide bonds. The highest BCUT2D eigenvalue weighted by Crippen LogP contribution is 2.28. The maximum absolute atomic E-state index is 13.4. The van der Waals surface area contributed by atoms with Gasteiger partial charge in [0.1, 0.15) is 17.5 Å². The Morgan fingerprint density at radius 2 is 2.19 bits per heavy atom. The van der Waals surface area contributed by atoms with E-state index < -0.39 is 0 Å². The summed E-state index contributed by atoms with van der Waals surface area (Å²) in [5, 5.41) is 12.4. The lowest BCUT2D eigenvalue weighted by Crippen LogP contribution is -2.34. The third-order valence-corrected chi connectivity index (χ3v) is 4.93. The number of likely N-dealkylation sites (tertiary alicyclic amines) is 1. The van der Waals surface area contributed by atoms with Crippen LogP contribution in [-0.2, 0) is 13.6 Å². The van der Waals surface area contributed by atoms with Gasteiger partial charge in [-0.3, -0.25) is 4.90 Å². The number of hydrogen-bond acceptors (Lipinski definition) is 6. The molecule has 1 aliphatic heterocycles. The summed E-state index contributed by atoms with van der Waals surface area (Å²) in [6.45, 7) is 4.53. The van der Waals surface area contributed by atoms with Gasteiger partial charge in [-0.1, -0.05) is 17.3 Å². The number of rotatable bonds is 4. The minimum Gasteiger partial charge on any atom is -0.339 e. The standard InChI is InChI=1S/C18H21FN6O/c1-12-21-22-16(24(12)2)11-25-8-4-6-14(10-25)18-20-17(23-26-18)13-5-3-7-15(19)9-13/h3,5,7,9,14H,4,6,8,10-11H2,1-2H3. The fourth-order valence-electron chi connectivity index (χ4n) is 3.34. The number of benzene rings is 1. The Bertz CT molecular complexity index is 905. The number of hydrogen-bond donors (Lipinski definition) is 0. The maximum atomic E-state index is 13.4. The van der Waals surface area contributed by atoms with Gasteiger partial charge in [-0.15, -0.1) is 10.2 Å². The summed E-state index contributed by atoms with van der Waals surface area (Å²) in [4.78, 5) is 6.84. The van der Waals surface area contributed by atoms with Crippen molar-refractivity contribution >= 4 is 0 Å². The van der Waals surface area contributed by atoms with Crippen LogP contribution in [0.15, 0.2) is 28.8 Å². The number of nitrogens with zero attached hydrogens (tertiary/aromatic N) is 6. The molecule has 3 heterocycles. The van der Waals surface area contributed by atoms with Crippen LogP contribution in [0.4, 0.5) is 4.39 Å². The zero-order valence-corrected chi connectivity index (χ0v) is 14.9. The molecule has 0 radical (unpaired) electrons. The monoisotopic (exact) mass is 356 g/mol. The van der Waals surface area contributed by atoms with Gasteiger partial charge in [0, 0.05) is 19.2 Å². The molecule has 0 N–H and O–H groups in total. The zero-order valence-electron chi connectivity index (χ0n) is 14.9. The van der Waals surface area contributed by atoms with Crippen molar-refractivity contribution in [1.29, 1.82) is 0 Å². The second-order valence-electron chi connectivity index (χ2n) is 6.76.